The van der Waals surface area contributed by atoms with Crippen LogP contribution in [0.3, 0.4) is 0 Å². The topological polar surface area (TPSA) is 46.2 Å². The molecule has 3 nitrogen and oxygen atoms in total. The third kappa shape index (κ3) is 0.767. The summed E-state index contributed by atoms with van der Waals surface area (Å²) in [5.41, 5.74) is 0. The smallest absolute Gasteiger partial charge is 0.158 e. The maximum Gasteiger partial charge on any atom is 0.158 e. The van der Waals surface area contributed by atoms with Gasteiger partial charge in [0.25, 0.3) is 0 Å². The van der Waals surface area contributed by atoms with Gasteiger partial charge in [0.15, 0.2) is 5.78 Å². The van der Waals surface area contributed by atoms with Crippen molar-refractivity contribution in [2.75, 3.05) is 6.54 Å². The van der Waals surface area contributed by atoms with E-state index in [1.165, 1.54) is 0 Å². The Morgan fingerprint density at radius 2 is 2.50 bits per heavy atom. The first-order valence-electron chi connectivity index (χ1n) is 2.56. The van der Waals surface area contributed by atoms with Crippen molar-refractivity contribution in [3.05, 3.63) is 0 Å². The fourth-order valence-corrected chi connectivity index (χ4v) is 0.744. The van der Waals surface area contributed by atoms with Crippen LogP contribution < -0.4 is 5.32 Å². The van der Waals surface area contributed by atoms with E-state index in [-0.39, 0.29) is 5.78 Å². The van der Waals surface area contributed by atoms with Crippen molar-refractivity contribution in [1.29, 1.82) is 0 Å². The monoisotopic (exact) mass is 113 g/mol. The lowest BCUT2D eigenvalue weighted by molar-refractivity contribution is -0.122. The number of aldehydes is 1. The van der Waals surface area contributed by atoms with E-state index in [4.69, 9.17) is 0 Å². The largest absolute Gasteiger partial charge is 0.301 e. The quantitative estimate of drug-likeness (QED) is 0.354. The summed E-state index contributed by atoms with van der Waals surface area (Å²) in [6, 6.07) is -0.505. The van der Waals surface area contributed by atoms with Gasteiger partial charge in [0.05, 0.1) is 0 Å². The Morgan fingerprint density at radius 1 is 1.75 bits per heavy atom. The van der Waals surface area contributed by atoms with E-state index in [9.17, 15) is 9.59 Å². The summed E-state index contributed by atoms with van der Waals surface area (Å²) < 4.78 is 0. The van der Waals surface area contributed by atoms with Crippen molar-refractivity contribution in [3.63, 3.8) is 0 Å². The van der Waals surface area contributed by atoms with Crippen LogP contribution in [0, 0.1) is 0 Å². The summed E-state index contributed by atoms with van der Waals surface area (Å²) in [4.78, 5) is 20.4. The molecule has 1 N–H and O–H groups in total. The first-order chi connectivity index (χ1) is 3.84. The molecule has 44 valence electrons. The second-order valence-electron chi connectivity index (χ2n) is 1.78. The summed E-state index contributed by atoms with van der Waals surface area (Å²) >= 11 is 0. The molecule has 0 unspecified atom stereocenters. The van der Waals surface area contributed by atoms with Gasteiger partial charge in [0.1, 0.15) is 12.3 Å². The Hall–Kier alpha value is -0.700. The van der Waals surface area contributed by atoms with Crippen LogP contribution >= 0.6 is 0 Å². The minimum Gasteiger partial charge on any atom is -0.301 e. The molecule has 0 spiro atoms. The molecule has 1 aliphatic rings. The van der Waals surface area contributed by atoms with Gasteiger partial charge < -0.3 is 10.1 Å². The summed E-state index contributed by atoms with van der Waals surface area (Å²) in [6.45, 7) is 0.655. The molecular weight excluding hydrogens is 106 g/mol. The van der Waals surface area contributed by atoms with Crippen molar-refractivity contribution in [2.45, 2.75) is 12.5 Å². The van der Waals surface area contributed by atoms with Crippen molar-refractivity contribution < 1.29 is 9.59 Å². The van der Waals surface area contributed by atoms with E-state index in [0.29, 0.717) is 19.3 Å². The van der Waals surface area contributed by atoms with E-state index in [1.54, 1.807) is 0 Å². The molecule has 1 fully saturated rings. The Balaban J connectivity index is 2.54. The number of carbonyl (C=O) groups excluding carboxylic acids is 2. The molecule has 3 heteroatoms. The first kappa shape index (κ1) is 5.44. The predicted octanol–water partition coefficient (Wildman–Crippen LogP) is -0.884. The number of hydrogen-bond acceptors (Lipinski definition) is 3. The van der Waals surface area contributed by atoms with Crippen molar-refractivity contribution in [1.82, 2.24) is 5.32 Å². The second kappa shape index (κ2) is 2.05. The number of hydrogen-bond donors (Lipinski definition) is 1. The number of Topliss-reactive ketones (excluding diaryl/α,β-unsaturated/α-hetero) is 1. The van der Waals surface area contributed by atoms with Gasteiger partial charge in [-0.25, -0.2) is 0 Å². The van der Waals surface area contributed by atoms with Gasteiger partial charge >= 0.3 is 0 Å². The average molecular weight is 113 g/mol. The Morgan fingerprint density at radius 3 is 2.75 bits per heavy atom. The normalized spacial score (nSPS) is 28.5. The SMILES string of the molecule is O=C[C@@H]1NCCC1=O. The maximum atomic E-state index is 10.5. The van der Waals surface area contributed by atoms with Gasteiger partial charge in [-0.05, 0) is 0 Å². The van der Waals surface area contributed by atoms with Crippen LogP contribution in [-0.2, 0) is 9.59 Å². The molecule has 1 saturated heterocycles. The fraction of sp³-hybridized carbons (Fsp3) is 0.600. The minimum absolute atomic E-state index is 0.0139. The van der Waals surface area contributed by atoms with Gasteiger partial charge in [-0.15, -0.1) is 0 Å². The Labute approximate surface area is 47.1 Å². The van der Waals surface area contributed by atoms with Crippen LogP contribution in [0.25, 0.3) is 0 Å². The molecule has 1 atom stereocenters. The third-order valence-electron chi connectivity index (χ3n) is 1.22. The van der Waals surface area contributed by atoms with Gasteiger partial charge in [0, 0.05) is 13.0 Å². The molecule has 0 aromatic heterocycles. The van der Waals surface area contributed by atoms with Gasteiger partial charge in [-0.2, -0.15) is 0 Å². The van der Waals surface area contributed by atoms with Crippen molar-refractivity contribution in [2.24, 2.45) is 0 Å². The van der Waals surface area contributed by atoms with Crippen molar-refractivity contribution in [3.8, 4) is 0 Å². The molecule has 8 heavy (non-hydrogen) atoms. The van der Waals surface area contributed by atoms with Gasteiger partial charge in [0.2, 0.25) is 0 Å². The molecule has 0 bridgehead atoms. The van der Waals surface area contributed by atoms with Crippen LogP contribution in [0.2, 0.25) is 0 Å². The Bertz CT molecular complexity index is 122. The number of rotatable bonds is 1. The van der Waals surface area contributed by atoms with Crippen molar-refractivity contribution >= 4 is 12.1 Å². The molecule has 0 aromatic rings. The molecular formula is C5H7NO2. The Kier molecular flexibility index (Phi) is 1.39. The summed E-state index contributed by atoms with van der Waals surface area (Å²) in [7, 11) is 0. The van der Waals surface area contributed by atoms with Crippen LogP contribution in [0.15, 0.2) is 0 Å². The highest BCUT2D eigenvalue weighted by Crippen LogP contribution is 1.95. The lowest BCUT2D eigenvalue weighted by Gasteiger charge is -1.92. The van der Waals surface area contributed by atoms with Crippen LogP contribution in [0.5, 0.6) is 0 Å². The molecule has 0 aliphatic carbocycles. The molecule has 0 aromatic carbocycles. The molecule has 1 aliphatic heterocycles. The van der Waals surface area contributed by atoms with E-state index in [0.717, 1.165) is 0 Å². The van der Waals surface area contributed by atoms with Crippen LogP contribution in [-0.4, -0.2) is 24.7 Å². The average Bonchev–Trinajstić information content (AvgIpc) is 2.14. The molecule has 0 radical (unpaired) electrons. The number of carbonyl (C=O) groups is 2. The first-order valence-corrected chi connectivity index (χ1v) is 2.56. The molecule has 1 rings (SSSR count). The highest BCUT2D eigenvalue weighted by molar-refractivity contribution is 5.98. The highest BCUT2D eigenvalue weighted by Gasteiger charge is 2.21. The van der Waals surface area contributed by atoms with Crippen LogP contribution in [0.4, 0.5) is 0 Å². The third-order valence-corrected chi connectivity index (χ3v) is 1.22. The zero-order valence-electron chi connectivity index (χ0n) is 4.39. The second-order valence-corrected chi connectivity index (χ2v) is 1.78. The summed E-state index contributed by atoms with van der Waals surface area (Å²) in [6.07, 6.45) is 1.15. The molecule has 1 heterocycles. The van der Waals surface area contributed by atoms with Crippen LogP contribution in [0.1, 0.15) is 6.42 Å². The number of ketones is 1. The zero-order valence-corrected chi connectivity index (χ0v) is 4.39. The van der Waals surface area contributed by atoms with E-state index in [1.807, 2.05) is 0 Å². The fourth-order valence-electron chi connectivity index (χ4n) is 0.744. The highest BCUT2D eigenvalue weighted by atomic mass is 16.1. The summed E-state index contributed by atoms with van der Waals surface area (Å²) in [5, 5.41) is 2.74. The van der Waals surface area contributed by atoms with E-state index >= 15 is 0 Å². The lowest BCUT2D eigenvalue weighted by atomic mass is 10.2. The molecule has 0 amide bonds. The van der Waals surface area contributed by atoms with Gasteiger partial charge in [-0.3, -0.25) is 4.79 Å². The van der Waals surface area contributed by atoms with E-state index < -0.39 is 6.04 Å². The summed E-state index contributed by atoms with van der Waals surface area (Å²) in [5.74, 6) is 0.0139. The molecule has 0 saturated carbocycles. The lowest BCUT2D eigenvalue weighted by Crippen LogP contribution is -2.27. The van der Waals surface area contributed by atoms with E-state index in [2.05, 4.69) is 5.32 Å². The minimum atomic E-state index is -0.505. The zero-order chi connectivity index (χ0) is 5.98. The standard InChI is InChI=1S/C5H7NO2/c7-3-4-5(8)1-2-6-4/h3-4,6H,1-2H2/t4-/m0/s1. The van der Waals surface area contributed by atoms with Gasteiger partial charge in [-0.1, -0.05) is 0 Å². The number of nitrogens with one attached hydrogen (secondary N) is 1. The maximum absolute atomic E-state index is 10.5. The predicted molar refractivity (Wildman–Crippen MR) is 27.5 cm³/mol.